The van der Waals surface area contributed by atoms with Gasteiger partial charge in [0.15, 0.2) is 0 Å². The van der Waals surface area contributed by atoms with Crippen molar-refractivity contribution in [2.45, 2.75) is 33.2 Å². The van der Waals surface area contributed by atoms with Gasteiger partial charge in [-0.25, -0.2) is 0 Å². The van der Waals surface area contributed by atoms with E-state index in [1.54, 1.807) is 22.6 Å². The van der Waals surface area contributed by atoms with Gasteiger partial charge in [-0.1, -0.05) is 51.1 Å². The molecule has 4 heteroatoms. The molecule has 0 heterocycles. The van der Waals surface area contributed by atoms with Crippen LogP contribution < -0.4 is 5.32 Å². The van der Waals surface area contributed by atoms with Gasteiger partial charge in [-0.3, -0.25) is 9.59 Å². The summed E-state index contributed by atoms with van der Waals surface area (Å²) in [5.41, 5.74) is 0.675. The van der Waals surface area contributed by atoms with Crippen LogP contribution in [0.4, 0.5) is 0 Å². The van der Waals surface area contributed by atoms with Crippen LogP contribution in [0.2, 0.25) is 0 Å². The van der Waals surface area contributed by atoms with Crippen LogP contribution >= 0.6 is 22.6 Å². The molecular weight excluding hydrogens is 341 g/mol. The van der Waals surface area contributed by atoms with Crippen molar-refractivity contribution >= 4 is 32.3 Å². The minimum atomic E-state index is -0.450. The Kier molecular flexibility index (Phi) is 5.31. The molecule has 0 bridgehead atoms. The maximum absolute atomic E-state index is 11.9. The van der Waals surface area contributed by atoms with Gasteiger partial charge in [0.25, 0.3) is 0 Å². The van der Waals surface area contributed by atoms with Crippen molar-refractivity contribution < 1.29 is 9.59 Å². The maximum atomic E-state index is 11.9. The van der Waals surface area contributed by atoms with Gasteiger partial charge in [0.1, 0.15) is 6.04 Å². The highest BCUT2D eigenvalue weighted by Crippen LogP contribution is 2.22. The molecule has 98 valence electrons. The predicted molar refractivity (Wildman–Crippen MR) is 80.6 cm³/mol. The number of carbonyl (C=O) groups excluding carboxylic acids is 2. The van der Waals surface area contributed by atoms with Gasteiger partial charge in [-0.2, -0.15) is 0 Å². The smallest absolute Gasteiger partial charge is 0.225 e. The van der Waals surface area contributed by atoms with Gasteiger partial charge >= 0.3 is 0 Å². The molecule has 0 aliphatic heterocycles. The summed E-state index contributed by atoms with van der Waals surface area (Å²) in [6.07, 6.45) is 0.303. The highest BCUT2D eigenvalue weighted by molar-refractivity contribution is 14.1. The van der Waals surface area contributed by atoms with Crippen molar-refractivity contribution in [3.8, 4) is 0 Å². The highest BCUT2D eigenvalue weighted by atomic mass is 127. The molecule has 0 radical (unpaired) electrons. The molecule has 0 aliphatic carbocycles. The van der Waals surface area contributed by atoms with Crippen molar-refractivity contribution in [1.29, 1.82) is 0 Å². The summed E-state index contributed by atoms with van der Waals surface area (Å²) in [6, 6.07) is 9.05. The SMILES string of the molecule is CC(C)(C)C(NC(=O)Cc1ccccc1)C(=O)I. The van der Waals surface area contributed by atoms with Gasteiger partial charge in [0.2, 0.25) is 9.70 Å². The molecule has 18 heavy (non-hydrogen) atoms. The summed E-state index contributed by atoms with van der Waals surface area (Å²) < 4.78 is -0.0403. The average Bonchev–Trinajstić information content (AvgIpc) is 2.25. The zero-order valence-electron chi connectivity index (χ0n) is 10.9. The molecule has 0 aromatic heterocycles. The van der Waals surface area contributed by atoms with E-state index in [1.807, 2.05) is 51.1 Å². The number of amides is 1. The first kappa shape index (κ1) is 15.1. The van der Waals surface area contributed by atoms with Crippen LogP contribution in [0.1, 0.15) is 26.3 Å². The maximum Gasteiger partial charge on any atom is 0.225 e. The third-order valence-electron chi connectivity index (χ3n) is 2.61. The average molecular weight is 359 g/mol. The standard InChI is InChI=1S/C14H18INO2/c1-14(2,3)12(13(15)18)16-11(17)9-10-7-5-4-6-8-10/h4-8,12H,9H2,1-3H3,(H,16,17). The number of hydrogen-bond acceptors (Lipinski definition) is 2. The zero-order chi connectivity index (χ0) is 13.8. The quantitative estimate of drug-likeness (QED) is 0.664. The van der Waals surface area contributed by atoms with Gasteiger partial charge < -0.3 is 5.32 Å². The minimum absolute atomic E-state index is 0.0403. The predicted octanol–water partition coefficient (Wildman–Crippen LogP) is 2.72. The van der Waals surface area contributed by atoms with Crippen LogP contribution in [-0.4, -0.2) is 15.7 Å². The third-order valence-corrected chi connectivity index (χ3v) is 3.23. The number of hydrogen-bond donors (Lipinski definition) is 1. The Labute approximate surface area is 121 Å². The summed E-state index contributed by atoms with van der Waals surface area (Å²) in [5, 5.41) is 2.81. The van der Waals surface area contributed by atoms with E-state index >= 15 is 0 Å². The summed E-state index contributed by atoms with van der Waals surface area (Å²) in [4.78, 5) is 23.5. The zero-order valence-corrected chi connectivity index (χ0v) is 13.0. The topological polar surface area (TPSA) is 46.2 Å². The number of benzene rings is 1. The fraction of sp³-hybridized carbons (Fsp3) is 0.429. The Morgan fingerprint density at radius 1 is 1.22 bits per heavy atom. The van der Waals surface area contributed by atoms with Crippen molar-refractivity contribution in [2.24, 2.45) is 5.41 Å². The van der Waals surface area contributed by atoms with Crippen LogP contribution in [0.25, 0.3) is 0 Å². The molecule has 1 unspecified atom stereocenters. The Bertz CT molecular complexity index is 423. The lowest BCUT2D eigenvalue weighted by Crippen LogP contribution is -2.47. The first-order chi connectivity index (χ1) is 8.30. The molecule has 0 saturated heterocycles. The van der Waals surface area contributed by atoms with E-state index in [9.17, 15) is 9.59 Å². The lowest BCUT2D eigenvalue weighted by Gasteiger charge is -2.28. The second-order valence-corrected chi connectivity index (χ2v) is 6.40. The van der Waals surface area contributed by atoms with E-state index in [4.69, 9.17) is 0 Å². The van der Waals surface area contributed by atoms with Gasteiger partial charge in [0.05, 0.1) is 6.42 Å². The molecule has 3 nitrogen and oxygen atoms in total. The molecule has 1 atom stereocenters. The van der Waals surface area contributed by atoms with E-state index in [0.717, 1.165) is 5.56 Å². The van der Waals surface area contributed by atoms with Crippen molar-refractivity contribution in [2.75, 3.05) is 0 Å². The molecule has 1 rings (SSSR count). The highest BCUT2D eigenvalue weighted by Gasteiger charge is 2.30. The molecule has 0 saturated carbocycles. The Hall–Kier alpha value is -0.910. The summed E-state index contributed by atoms with van der Waals surface area (Å²) >= 11 is 1.74. The minimum Gasteiger partial charge on any atom is -0.345 e. The van der Waals surface area contributed by atoms with E-state index in [-0.39, 0.29) is 15.1 Å². The van der Waals surface area contributed by atoms with E-state index in [1.165, 1.54) is 0 Å². The molecule has 1 aromatic carbocycles. The van der Waals surface area contributed by atoms with Gasteiger partial charge in [0, 0.05) is 22.6 Å². The molecule has 0 aliphatic rings. The summed E-state index contributed by atoms with van der Waals surface area (Å²) in [6.45, 7) is 5.82. The van der Waals surface area contributed by atoms with Crippen molar-refractivity contribution in [3.05, 3.63) is 35.9 Å². The third kappa shape index (κ3) is 4.76. The Morgan fingerprint density at radius 3 is 2.22 bits per heavy atom. The van der Waals surface area contributed by atoms with Crippen LogP contribution in [0, 0.1) is 5.41 Å². The van der Waals surface area contributed by atoms with Crippen LogP contribution in [-0.2, 0) is 16.0 Å². The number of carbonyl (C=O) groups is 2. The normalized spacial score (nSPS) is 12.9. The molecular formula is C14H18INO2. The summed E-state index contributed by atoms with van der Waals surface area (Å²) in [7, 11) is 0. The lowest BCUT2D eigenvalue weighted by molar-refractivity contribution is -0.125. The van der Waals surface area contributed by atoms with E-state index in [0.29, 0.717) is 6.42 Å². The van der Waals surface area contributed by atoms with E-state index < -0.39 is 6.04 Å². The number of rotatable bonds is 4. The van der Waals surface area contributed by atoms with Crippen molar-refractivity contribution in [3.63, 3.8) is 0 Å². The first-order valence-corrected chi connectivity index (χ1v) is 6.91. The summed E-state index contributed by atoms with van der Waals surface area (Å²) in [5.74, 6) is -0.119. The second kappa shape index (κ2) is 6.31. The molecule has 1 amide bonds. The first-order valence-electron chi connectivity index (χ1n) is 5.83. The van der Waals surface area contributed by atoms with Crippen LogP contribution in [0.5, 0.6) is 0 Å². The second-order valence-electron chi connectivity index (χ2n) is 5.33. The largest absolute Gasteiger partial charge is 0.345 e. The Balaban J connectivity index is 2.66. The monoisotopic (exact) mass is 359 g/mol. The fourth-order valence-electron chi connectivity index (χ4n) is 1.61. The van der Waals surface area contributed by atoms with Gasteiger partial charge in [-0.05, 0) is 11.0 Å². The molecule has 1 aromatic rings. The van der Waals surface area contributed by atoms with Crippen LogP contribution in [0.3, 0.4) is 0 Å². The Morgan fingerprint density at radius 2 is 1.78 bits per heavy atom. The molecule has 1 N–H and O–H groups in total. The number of nitrogens with one attached hydrogen (secondary N) is 1. The molecule has 0 fully saturated rings. The van der Waals surface area contributed by atoms with Crippen molar-refractivity contribution in [1.82, 2.24) is 5.32 Å². The fourth-order valence-corrected chi connectivity index (χ4v) is 2.70. The van der Waals surface area contributed by atoms with Crippen LogP contribution in [0.15, 0.2) is 30.3 Å². The molecule has 0 spiro atoms. The van der Waals surface area contributed by atoms with Gasteiger partial charge in [-0.15, -0.1) is 0 Å². The van der Waals surface area contributed by atoms with E-state index in [2.05, 4.69) is 5.32 Å². The lowest BCUT2D eigenvalue weighted by atomic mass is 9.87. The number of halogens is 1.